The summed E-state index contributed by atoms with van der Waals surface area (Å²) >= 11 is 0. The molecule has 2 heteroatoms. The second-order valence-electron chi connectivity index (χ2n) is 7.18. The zero-order valence-corrected chi connectivity index (χ0v) is 13.6. The summed E-state index contributed by atoms with van der Waals surface area (Å²) in [6.07, 6.45) is 3.23. The lowest BCUT2D eigenvalue weighted by atomic mass is 9.62. The third-order valence-corrected chi connectivity index (χ3v) is 4.71. The fraction of sp³-hybridized carbons (Fsp3) is 0.611. The fourth-order valence-corrected chi connectivity index (χ4v) is 3.33. The first kappa shape index (κ1) is 15.1. The van der Waals surface area contributed by atoms with Gasteiger partial charge in [-0.25, -0.2) is 0 Å². The van der Waals surface area contributed by atoms with Gasteiger partial charge in [0.2, 0.25) is 0 Å². The molecular formula is C18H26O2. The number of fused-ring (bicyclic) bond motifs is 1. The molecule has 1 aromatic carbocycles. The summed E-state index contributed by atoms with van der Waals surface area (Å²) in [5.41, 5.74) is 4.52. The molecule has 0 radical (unpaired) electrons. The molecule has 2 nitrogen and oxygen atoms in total. The van der Waals surface area contributed by atoms with Crippen molar-refractivity contribution in [3.8, 4) is 5.75 Å². The van der Waals surface area contributed by atoms with Crippen LogP contribution in [0.25, 0.3) is 0 Å². The molecule has 20 heavy (non-hydrogen) atoms. The highest BCUT2D eigenvalue weighted by atomic mass is 16.5. The molecular weight excluding hydrogens is 248 g/mol. The first-order valence-electron chi connectivity index (χ1n) is 7.51. The minimum atomic E-state index is 0.0564. The third-order valence-electron chi connectivity index (χ3n) is 4.71. The lowest BCUT2D eigenvalue weighted by Gasteiger charge is -2.43. The molecule has 1 aliphatic carbocycles. The van der Waals surface area contributed by atoms with Gasteiger partial charge in [0.15, 0.2) is 6.29 Å². The summed E-state index contributed by atoms with van der Waals surface area (Å²) in [6, 6.07) is 2.20. The van der Waals surface area contributed by atoms with Crippen molar-refractivity contribution in [3.05, 3.63) is 28.3 Å². The molecule has 0 bridgehead atoms. The minimum Gasteiger partial charge on any atom is -0.493 e. The topological polar surface area (TPSA) is 26.3 Å². The Labute approximate surface area is 122 Å². The van der Waals surface area contributed by atoms with E-state index in [4.69, 9.17) is 4.74 Å². The van der Waals surface area contributed by atoms with E-state index in [2.05, 4.69) is 33.8 Å². The zero-order valence-electron chi connectivity index (χ0n) is 13.6. The van der Waals surface area contributed by atoms with E-state index in [1.807, 2.05) is 13.8 Å². The lowest BCUT2D eigenvalue weighted by molar-refractivity contribution is 0.111. The van der Waals surface area contributed by atoms with Crippen molar-refractivity contribution < 1.29 is 9.53 Å². The summed E-state index contributed by atoms with van der Waals surface area (Å²) in [5.74, 6) is 0.815. The Morgan fingerprint density at radius 3 is 2.35 bits per heavy atom. The van der Waals surface area contributed by atoms with Crippen molar-refractivity contribution in [2.75, 3.05) is 6.61 Å². The fourth-order valence-electron chi connectivity index (χ4n) is 3.33. The van der Waals surface area contributed by atoms with Crippen molar-refractivity contribution in [2.45, 2.75) is 65.2 Å². The predicted molar refractivity (Wildman–Crippen MR) is 83.0 cm³/mol. The minimum absolute atomic E-state index is 0.0564. The van der Waals surface area contributed by atoms with E-state index in [-0.39, 0.29) is 10.8 Å². The van der Waals surface area contributed by atoms with E-state index in [1.165, 1.54) is 17.5 Å². The Morgan fingerprint density at radius 2 is 1.80 bits per heavy atom. The lowest BCUT2D eigenvalue weighted by Crippen LogP contribution is -2.35. The number of hydrogen-bond acceptors (Lipinski definition) is 2. The molecule has 0 amide bonds. The van der Waals surface area contributed by atoms with Gasteiger partial charge in [0.1, 0.15) is 5.75 Å². The van der Waals surface area contributed by atoms with Crippen molar-refractivity contribution in [2.24, 2.45) is 0 Å². The van der Waals surface area contributed by atoms with Gasteiger partial charge in [-0.05, 0) is 48.6 Å². The van der Waals surface area contributed by atoms with E-state index < -0.39 is 0 Å². The highest BCUT2D eigenvalue weighted by Gasteiger charge is 2.40. The van der Waals surface area contributed by atoms with Crippen LogP contribution in [0.4, 0.5) is 0 Å². The molecule has 0 heterocycles. The van der Waals surface area contributed by atoms with Crippen molar-refractivity contribution >= 4 is 6.29 Å². The summed E-state index contributed by atoms with van der Waals surface area (Å²) in [5, 5.41) is 0. The standard InChI is InChI=1S/C18H26O2/c1-7-20-16-13(11-19)12(2)10-14-15(16)18(5,6)9-8-17(14,3)4/h10-11H,7-9H2,1-6H3. The zero-order chi connectivity index (χ0) is 15.1. The number of benzene rings is 1. The molecule has 1 aliphatic rings. The molecule has 0 saturated heterocycles. The van der Waals surface area contributed by atoms with E-state index in [0.29, 0.717) is 6.61 Å². The van der Waals surface area contributed by atoms with Crippen LogP contribution < -0.4 is 4.74 Å². The number of aryl methyl sites for hydroxylation is 1. The van der Waals surface area contributed by atoms with E-state index in [1.54, 1.807) is 0 Å². The van der Waals surface area contributed by atoms with Crippen molar-refractivity contribution in [3.63, 3.8) is 0 Å². The van der Waals surface area contributed by atoms with Crippen LogP contribution >= 0.6 is 0 Å². The smallest absolute Gasteiger partial charge is 0.154 e. The number of carbonyl (C=O) groups is 1. The molecule has 0 N–H and O–H groups in total. The van der Waals surface area contributed by atoms with Crippen LogP contribution in [0.5, 0.6) is 5.75 Å². The van der Waals surface area contributed by atoms with Gasteiger partial charge in [0, 0.05) is 5.56 Å². The summed E-state index contributed by atoms with van der Waals surface area (Å²) in [7, 11) is 0. The average molecular weight is 274 g/mol. The number of ether oxygens (including phenoxy) is 1. The predicted octanol–water partition coefficient (Wildman–Crippen LogP) is 4.56. The maximum atomic E-state index is 11.5. The maximum absolute atomic E-state index is 11.5. The van der Waals surface area contributed by atoms with Crippen molar-refractivity contribution in [1.82, 2.24) is 0 Å². The molecule has 0 atom stereocenters. The van der Waals surface area contributed by atoms with E-state index >= 15 is 0 Å². The quantitative estimate of drug-likeness (QED) is 0.755. The molecule has 0 spiro atoms. The second-order valence-corrected chi connectivity index (χ2v) is 7.18. The largest absolute Gasteiger partial charge is 0.493 e. The van der Waals surface area contributed by atoms with Crippen molar-refractivity contribution in [1.29, 1.82) is 0 Å². The molecule has 1 aromatic rings. The average Bonchev–Trinajstić information content (AvgIpc) is 2.35. The van der Waals surface area contributed by atoms with Gasteiger partial charge in [-0.1, -0.05) is 33.8 Å². The monoisotopic (exact) mass is 274 g/mol. The first-order valence-corrected chi connectivity index (χ1v) is 7.51. The Hall–Kier alpha value is -1.31. The second kappa shape index (κ2) is 4.91. The van der Waals surface area contributed by atoms with Crippen LogP contribution in [-0.2, 0) is 10.8 Å². The van der Waals surface area contributed by atoms with Crippen LogP contribution in [0, 0.1) is 6.92 Å². The van der Waals surface area contributed by atoms with Gasteiger partial charge in [-0.3, -0.25) is 4.79 Å². The Morgan fingerprint density at radius 1 is 1.20 bits per heavy atom. The van der Waals surface area contributed by atoms with E-state index in [9.17, 15) is 4.79 Å². The molecule has 0 saturated carbocycles. The number of rotatable bonds is 3. The van der Waals surface area contributed by atoms with Gasteiger partial charge in [0.05, 0.1) is 12.2 Å². The van der Waals surface area contributed by atoms with E-state index in [0.717, 1.165) is 29.6 Å². The van der Waals surface area contributed by atoms with Crippen LogP contribution in [0.3, 0.4) is 0 Å². The molecule has 0 aromatic heterocycles. The summed E-state index contributed by atoms with van der Waals surface area (Å²) in [4.78, 5) is 11.5. The Bertz CT molecular complexity index is 539. The van der Waals surface area contributed by atoms with Gasteiger partial charge in [-0.15, -0.1) is 0 Å². The highest BCUT2D eigenvalue weighted by Crippen LogP contribution is 2.50. The van der Waals surface area contributed by atoms with Gasteiger partial charge < -0.3 is 4.74 Å². The number of hydrogen-bond donors (Lipinski definition) is 0. The number of aldehydes is 1. The Kier molecular flexibility index (Phi) is 3.70. The third kappa shape index (κ3) is 2.25. The first-order chi connectivity index (χ1) is 9.24. The molecule has 0 fully saturated rings. The Balaban J connectivity index is 2.84. The molecule has 0 aliphatic heterocycles. The highest BCUT2D eigenvalue weighted by molar-refractivity contribution is 5.84. The van der Waals surface area contributed by atoms with Gasteiger partial charge in [-0.2, -0.15) is 0 Å². The summed E-state index contributed by atoms with van der Waals surface area (Å²) in [6.45, 7) is 13.7. The van der Waals surface area contributed by atoms with Crippen LogP contribution in [0.2, 0.25) is 0 Å². The van der Waals surface area contributed by atoms with Crippen LogP contribution in [0.1, 0.15) is 74.5 Å². The normalized spacial score (nSPS) is 19.3. The van der Waals surface area contributed by atoms with Crippen LogP contribution in [-0.4, -0.2) is 12.9 Å². The van der Waals surface area contributed by atoms with Gasteiger partial charge in [0.25, 0.3) is 0 Å². The maximum Gasteiger partial charge on any atom is 0.154 e. The molecule has 2 rings (SSSR count). The van der Waals surface area contributed by atoms with Crippen LogP contribution in [0.15, 0.2) is 6.07 Å². The number of carbonyl (C=O) groups excluding carboxylic acids is 1. The SMILES string of the molecule is CCOc1c(C=O)c(C)cc2c1C(C)(C)CCC2(C)C. The van der Waals surface area contributed by atoms with Gasteiger partial charge >= 0.3 is 0 Å². The molecule has 0 unspecified atom stereocenters. The molecule has 110 valence electrons. The summed E-state index contributed by atoms with van der Waals surface area (Å²) < 4.78 is 5.90.